The number of nitrogens with one attached hydrogen (secondary N) is 1. The van der Waals surface area contributed by atoms with Gasteiger partial charge in [-0.25, -0.2) is 14.8 Å². The highest BCUT2D eigenvalue weighted by molar-refractivity contribution is 6.31. The Bertz CT molecular complexity index is 1050. The van der Waals surface area contributed by atoms with Gasteiger partial charge in [0.1, 0.15) is 11.8 Å². The van der Waals surface area contributed by atoms with Crippen LogP contribution in [0, 0.1) is 11.3 Å². The van der Waals surface area contributed by atoms with Gasteiger partial charge in [0, 0.05) is 24.2 Å². The zero-order valence-corrected chi connectivity index (χ0v) is 20.1. The van der Waals surface area contributed by atoms with E-state index >= 15 is 0 Å². The minimum Gasteiger partial charge on any atom is -0.409 e. The van der Waals surface area contributed by atoms with Gasteiger partial charge in [-0.2, -0.15) is 5.26 Å². The lowest BCUT2D eigenvalue weighted by Crippen LogP contribution is -2.48. The number of rotatable bonds is 4. The molecule has 2 saturated heterocycles. The maximum atomic E-state index is 12.8. The second-order valence-corrected chi connectivity index (χ2v) is 8.61. The molecule has 0 radical (unpaired) electrons. The lowest BCUT2D eigenvalue weighted by atomic mass is 10.0. The maximum Gasteiger partial charge on any atom is 0.415 e. The second kappa shape index (κ2) is 12.0. The zero-order chi connectivity index (χ0) is 23.2. The number of ether oxygens (including phenoxy) is 1. The van der Waals surface area contributed by atoms with Crippen molar-refractivity contribution in [2.24, 2.45) is 0 Å². The van der Waals surface area contributed by atoms with E-state index in [4.69, 9.17) is 21.6 Å². The van der Waals surface area contributed by atoms with E-state index in [1.54, 1.807) is 11.0 Å². The van der Waals surface area contributed by atoms with E-state index in [9.17, 15) is 9.59 Å². The molecule has 2 fully saturated rings. The topological polar surface area (TPSA) is 111 Å². The summed E-state index contributed by atoms with van der Waals surface area (Å²) in [5.41, 5.74) is 0.236. The van der Waals surface area contributed by atoms with Gasteiger partial charge < -0.3 is 19.9 Å². The molecule has 180 valence electrons. The van der Waals surface area contributed by atoms with Gasteiger partial charge in [0.15, 0.2) is 11.5 Å². The quantitative estimate of drug-likeness (QED) is 0.665. The van der Waals surface area contributed by atoms with Gasteiger partial charge in [0.2, 0.25) is 0 Å². The van der Waals surface area contributed by atoms with E-state index in [0.29, 0.717) is 24.2 Å². The summed E-state index contributed by atoms with van der Waals surface area (Å²) in [5, 5.41) is 11.7. The molecular weight excluding hydrogens is 479 g/mol. The van der Waals surface area contributed by atoms with Crippen molar-refractivity contribution >= 4 is 41.8 Å². The first kappa shape index (κ1) is 25.7. The van der Waals surface area contributed by atoms with E-state index in [1.165, 1.54) is 43.8 Å². The monoisotopic (exact) mass is 504 g/mol. The molecule has 0 saturated carbocycles. The number of hydrogen-bond donors (Lipinski definition) is 1. The molecule has 9 nitrogen and oxygen atoms in total. The van der Waals surface area contributed by atoms with Crippen LogP contribution in [0.1, 0.15) is 48.2 Å². The molecule has 3 heterocycles. The molecule has 0 unspecified atom stereocenters. The number of carbonyl (C=O) groups excluding carboxylic acids is 2. The molecule has 2 aliphatic heterocycles. The minimum atomic E-state index is -0.553. The van der Waals surface area contributed by atoms with E-state index in [2.05, 4.69) is 20.2 Å². The summed E-state index contributed by atoms with van der Waals surface area (Å²) in [6.45, 7) is 3.52. The molecule has 2 aliphatic rings. The molecule has 2 amide bonds. The smallest absolute Gasteiger partial charge is 0.409 e. The van der Waals surface area contributed by atoms with Crippen molar-refractivity contribution in [1.82, 2.24) is 19.8 Å². The molecule has 34 heavy (non-hydrogen) atoms. The fourth-order valence-electron chi connectivity index (χ4n) is 4.26. The largest absolute Gasteiger partial charge is 0.415 e. The number of carbonyl (C=O) groups is 2. The van der Waals surface area contributed by atoms with Crippen LogP contribution >= 0.6 is 24.0 Å². The molecule has 11 heteroatoms. The molecular formula is C23H26Cl2N6O3. The molecule has 0 aliphatic carbocycles. The predicted molar refractivity (Wildman–Crippen MR) is 129 cm³/mol. The zero-order valence-electron chi connectivity index (χ0n) is 18.6. The van der Waals surface area contributed by atoms with Crippen LogP contribution in [0.5, 0.6) is 5.75 Å². The maximum absolute atomic E-state index is 12.8. The van der Waals surface area contributed by atoms with E-state index < -0.39 is 12.0 Å². The molecule has 1 aromatic carbocycles. The number of benzene rings is 1. The number of halogens is 2. The Morgan fingerprint density at radius 3 is 2.47 bits per heavy atom. The summed E-state index contributed by atoms with van der Waals surface area (Å²) in [6.07, 6.45) is 7.68. The number of hydrogen-bond acceptors (Lipinski definition) is 7. The predicted octanol–water partition coefficient (Wildman–Crippen LogP) is 4.12. The van der Waals surface area contributed by atoms with Gasteiger partial charge in [-0.3, -0.25) is 4.79 Å². The van der Waals surface area contributed by atoms with Gasteiger partial charge >= 0.3 is 6.09 Å². The van der Waals surface area contributed by atoms with Crippen LogP contribution in [0.15, 0.2) is 30.6 Å². The Kier molecular flexibility index (Phi) is 9.05. The summed E-state index contributed by atoms with van der Waals surface area (Å²) < 4.78 is 5.59. The number of likely N-dealkylation sites (tertiary alicyclic amines) is 2. The number of piperidine rings is 2. The third kappa shape index (κ3) is 6.35. The average molecular weight is 505 g/mol. The third-order valence-corrected chi connectivity index (χ3v) is 6.26. The highest BCUT2D eigenvalue weighted by Crippen LogP contribution is 2.26. The number of anilines is 1. The number of amides is 2. The average Bonchev–Trinajstić information content (AvgIpc) is 2.86. The Morgan fingerprint density at radius 1 is 1.09 bits per heavy atom. The summed E-state index contributed by atoms with van der Waals surface area (Å²) in [5.74, 6) is -0.277. The summed E-state index contributed by atoms with van der Waals surface area (Å²) in [7, 11) is 0. The van der Waals surface area contributed by atoms with Crippen molar-refractivity contribution in [2.45, 2.75) is 38.1 Å². The van der Waals surface area contributed by atoms with Crippen LogP contribution in [-0.4, -0.2) is 64.0 Å². The Hall–Kier alpha value is -2.93. The second-order valence-electron chi connectivity index (χ2n) is 8.18. The van der Waals surface area contributed by atoms with E-state index in [-0.39, 0.29) is 35.2 Å². The lowest BCUT2D eigenvalue weighted by molar-refractivity contribution is 0.0875. The summed E-state index contributed by atoms with van der Waals surface area (Å²) >= 11 is 6.08. The molecule has 2 aromatic rings. The van der Waals surface area contributed by atoms with Crippen LogP contribution in [0.4, 0.5) is 10.6 Å². The van der Waals surface area contributed by atoms with Gasteiger partial charge in [-0.1, -0.05) is 18.0 Å². The van der Waals surface area contributed by atoms with Gasteiger partial charge in [-0.15, -0.1) is 12.4 Å². The fourth-order valence-corrected chi connectivity index (χ4v) is 4.43. The van der Waals surface area contributed by atoms with Crippen molar-refractivity contribution in [2.75, 3.05) is 31.5 Å². The lowest BCUT2D eigenvalue weighted by Gasteiger charge is -2.39. The van der Waals surface area contributed by atoms with Crippen molar-refractivity contribution < 1.29 is 14.3 Å². The molecule has 0 bridgehead atoms. The van der Waals surface area contributed by atoms with Crippen molar-refractivity contribution in [3.8, 4) is 11.8 Å². The molecule has 1 aromatic heterocycles. The first-order valence-corrected chi connectivity index (χ1v) is 11.4. The third-order valence-electron chi connectivity index (χ3n) is 6.02. The van der Waals surface area contributed by atoms with E-state index in [0.717, 1.165) is 25.9 Å². The summed E-state index contributed by atoms with van der Waals surface area (Å²) in [6, 6.07) is 6.87. The highest BCUT2D eigenvalue weighted by atomic mass is 35.5. The van der Waals surface area contributed by atoms with E-state index in [1.807, 2.05) is 6.07 Å². The number of aromatic nitrogens is 2. The van der Waals surface area contributed by atoms with Crippen molar-refractivity contribution in [3.05, 3.63) is 46.9 Å². The van der Waals surface area contributed by atoms with Gasteiger partial charge in [-0.05, 0) is 57.0 Å². The molecule has 0 atom stereocenters. The molecule has 1 N–H and O–H groups in total. The Labute approximate surface area is 209 Å². The Balaban J connectivity index is 0.00000324. The van der Waals surface area contributed by atoms with Crippen LogP contribution < -0.4 is 10.1 Å². The van der Waals surface area contributed by atoms with Crippen LogP contribution in [0.25, 0.3) is 0 Å². The number of nitrogens with zero attached hydrogens (tertiary/aromatic N) is 5. The first-order chi connectivity index (χ1) is 16.0. The summed E-state index contributed by atoms with van der Waals surface area (Å²) in [4.78, 5) is 37.7. The molecule has 0 spiro atoms. The van der Waals surface area contributed by atoms with Crippen LogP contribution in [0.2, 0.25) is 5.02 Å². The normalized spacial score (nSPS) is 16.8. The van der Waals surface area contributed by atoms with Crippen molar-refractivity contribution in [1.29, 1.82) is 5.26 Å². The minimum absolute atomic E-state index is 0. The van der Waals surface area contributed by atoms with Gasteiger partial charge in [0.25, 0.3) is 5.91 Å². The highest BCUT2D eigenvalue weighted by Gasteiger charge is 2.29. The van der Waals surface area contributed by atoms with Crippen LogP contribution in [0.3, 0.4) is 0 Å². The van der Waals surface area contributed by atoms with Crippen LogP contribution in [-0.2, 0) is 0 Å². The first-order valence-electron chi connectivity index (χ1n) is 11.1. The fraction of sp³-hybridized carbons (Fsp3) is 0.435. The van der Waals surface area contributed by atoms with Crippen molar-refractivity contribution in [3.63, 3.8) is 0 Å². The van der Waals surface area contributed by atoms with Gasteiger partial charge in [0.05, 0.1) is 18.0 Å². The molecule has 4 rings (SSSR count). The SMILES string of the molecule is Cl.N#Cc1cnc(NC(=O)c2cc(Cl)ccc2OC(=O)N2CCC(N3CCCCC3)CC2)cn1. The number of nitriles is 1. The standard InChI is InChI=1S/C23H25ClN6O3.ClH/c24-16-4-5-20(19(12-16)22(31)28-21-15-26-17(13-25)14-27-21)33-23(32)30-10-6-18(7-11-30)29-8-2-1-3-9-29;/h4-5,12,14-15,18H,1-3,6-11H2,(H,27,28,31);1H. The Morgan fingerprint density at radius 2 is 1.82 bits per heavy atom.